The molecule has 1 atom stereocenters. The van der Waals surface area contributed by atoms with Gasteiger partial charge >= 0.3 is 0 Å². The van der Waals surface area contributed by atoms with Crippen molar-refractivity contribution in [3.63, 3.8) is 0 Å². The van der Waals surface area contributed by atoms with Crippen molar-refractivity contribution in [2.45, 2.75) is 13.3 Å². The van der Waals surface area contributed by atoms with E-state index in [1.54, 1.807) is 19.0 Å². The molecule has 0 saturated heterocycles. The number of nitrogens with zero attached hydrogens (tertiary/aromatic N) is 1. The van der Waals surface area contributed by atoms with Crippen LogP contribution in [0.2, 0.25) is 0 Å². The van der Waals surface area contributed by atoms with E-state index in [-0.39, 0.29) is 11.8 Å². The highest BCUT2D eigenvalue weighted by molar-refractivity contribution is 5.84. The Morgan fingerprint density at radius 1 is 1.57 bits per heavy atom. The topological polar surface area (TPSA) is 20.3 Å². The van der Waals surface area contributed by atoms with Crippen LogP contribution in [0.3, 0.4) is 0 Å². The van der Waals surface area contributed by atoms with Crippen molar-refractivity contribution in [2.75, 3.05) is 14.1 Å². The van der Waals surface area contributed by atoms with Crippen LogP contribution in [0.15, 0.2) is 23.8 Å². The zero-order chi connectivity index (χ0) is 10.6. The van der Waals surface area contributed by atoms with Gasteiger partial charge in [0.05, 0.1) is 0 Å². The van der Waals surface area contributed by atoms with E-state index in [2.05, 4.69) is 11.8 Å². The number of hydrogen-bond acceptors (Lipinski definition) is 1. The van der Waals surface area contributed by atoms with Crippen LogP contribution in [0.1, 0.15) is 13.3 Å². The van der Waals surface area contributed by atoms with Crippen molar-refractivity contribution in [1.29, 1.82) is 0 Å². The first kappa shape index (κ1) is 10.6. The average Bonchev–Trinajstić information content (AvgIpc) is 2.11. The Morgan fingerprint density at radius 3 is 2.93 bits per heavy atom. The second-order valence-corrected chi connectivity index (χ2v) is 3.53. The normalized spacial score (nSPS) is 25.9. The van der Waals surface area contributed by atoms with Crippen molar-refractivity contribution in [3.8, 4) is 11.8 Å². The monoisotopic (exact) mass is 189 g/mol. The SMILES string of the molecule is C/C1=C/C=C\CC#CC1C(=O)N(C)C. The number of rotatable bonds is 1. The van der Waals surface area contributed by atoms with Gasteiger partial charge in [0.15, 0.2) is 0 Å². The summed E-state index contributed by atoms with van der Waals surface area (Å²) in [7, 11) is 3.51. The van der Waals surface area contributed by atoms with Crippen LogP contribution >= 0.6 is 0 Å². The standard InChI is InChI=1S/C12H15NO/c1-10-8-6-4-5-7-9-11(10)12(14)13(2)3/h4,6,8,11H,5H2,1-3H3/b6-4-,10-8-. The van der Waals surface area contributed by atoms with E-state index >= 15 is 0 Å². The molecule has 0 aromatic heterocycles. The second kappa shape index (κ2) is 4.66. The van der Waals surface area contributed by atoms with Gasteiger partial charge in [-0.3, -0.25) is 4.79 Å². The van der Waals surface area contributed by atoms with Gasteiger partial charge in [0.2, 0.25) is 5.91 Å². The molecule has 0 aliphatic heterocycles. The smallest absolute Gasteiger partial charge is 0.241 e. The molecule has 0 saturated carbocycles. The fraction of sp³-hybridized carbons (Fsp3) is 0.417. The first-order valence-electron chi connectivity index (χ1n) is 4.66. The second-order valence-electron chi connectivity index (χ2n) is 3.53. The largest absolute Gasteiger partial charge is 0.347 e. The quantitative estimate of drug-likeness (QED) is 0.574. The van der Waals surface area contributed by atoms with Gasteiger partial charge in [-0.15, -0.1) is 0 Å². The maximum atomic E-state index is 11.7. The third kappa shape index (κ3) is 2.50. The van der Waals surface area contributed by atoms with Gasteiger partial charge in [-0.25, -0.2) is 0 Å². The lowest BCUT2D eigenvalue weighted by atomic mass is 9.98. The molecule has 74 valence electrons. The number of amides is 1. The molecule has 0 aromatic carbocycles. The maximum Gasteiger partial charge on any atom is 0.241 e. The molecule has 2 nitrogen and oxygen atoms in total. The molecule has 0 spiro atoms. The summed E-state index contributed by atoms with van der Waals surface area (Å²) in [5.74, 6) is 5.76. The predicted molar refractivity (Wildman–Crippen MR) is 57.5 cm³/mol. The molecule has 1 unspecified atom stereocenters. The summed E-state index contributed by atoms with van der Waals surface area (Å²) in [6, 6.07) is 0. The Labute approximate surface area is 85.3 Å². The minimum Gasteiger partial charge on any atom is -0.347 e. The molecule has 0 N–H and O–H groups in total. The van der Waals surface area contributed by atoms with Crippen LogP contribution in [0, 0.1) is 17.8 Å². The Hall–Kier alpha value is -1.49. The molecule has 1 aliphatic rings. The van der Waals surface area contributed by atoms with E-state index in [1.165, 1.54) is 0 Å². The van der Waals surface area contributed by atoms with Gasteiger partial charge in [-0.05, 0) is 12.5 Å². The van der Waals surface area contributed by atoms with E-state index in [0.717, 1.165) is 12.0 Å². The highest BCUT2D eigenvalue weighted by atomic mass is 16.2. The Kier molecular flexibility index (Phi) is 3.53. The minimum absolute atomic E-state index is 0.0570. The van der Waals surface area contributed by atoms with E-state index < -0.39 is 0 Å². The lowest BCUT2D eigenvalue weighted by molar-refractivity contribution is -0.130. The van der Waals surface area contributed by atoms with Crippen LogP contribution < -0.4 is 0 Å². The average molecular weight is 189 g/mol. The van der Waals surface area contributed by atoms with Crippen molar-refractivity contribution in [1.82, 2.24) is 4.90 Å². The van der Waals surface area contributed by atoms with Gasteiger partial charge in [-0.2, -0.15) is 0 Å². The number of carbonyl (C=O) groups excluding carboxylic acids is 1. The Bertz CT molecular complexity index is 339. The first-order chi connectivity index (χ1) is 6.63. The van der Waals surface area contributed by atoms with Gasteiger partial charge in [-0.1, -0.05) is 30.1 Å². The summed E-state index contributed by atoms with van der Waals surface area (Å²) in [5.41, 5.74) is 1.01. The molecule has 0 fully saturated rings. The highest BCUT2D eigenvalue weighted by Gasteiger charge is 2.19. The van der Waals surface area contributed by atoms with Gasteiger partial charge < -0.3 is 4.90 Å². The molecule has 1 rings (SSSR count). The molecular formula is C12H15NO. The Morgan fingerprint density at radius 2 is 2.29 bits per heavy atom. The first-order valence-corrected chi connectivity index (χ1v) is 4.66. The summed E-state index contributed by atoms with van der Waals surface area (Å²) in [4.78, 5) is 13.3. The lowest BCUT2D eigenvalue weighted by Gasteiger charge is -2.16. The van der Waals surface area contributed by atoms with Crippen molar-refractivity contribution in [2.24, 2.45) is 5.92 Å². The Balaban J connectivity index is 2.93. The predicted octanol–water partition coefficient (Wildman–Crippen LogP) is 1.60. The third-order valence-corrected chi connectivity index (χ3v) is 2.10. The van der Waals surface area contributed by atoms with E-state index in [9.17, 15) is 4.79 Å². The van der Waals surface area contributed by atoms with Gasteiger partial charge in [0.25, 0.3) is 0 Å². The fourth-order valence-electron chi connectivity index (χ4n) is 1.23. The van der Waals surface area contributed by atoms with Crippen LogP contribution in [0.4, 0.5) is 0 Å². The number of allylic oxidation sites excluding steroid dienone is 3. The molecule has 14 heavy (non-hydrogen) atoms. The molecule has 1 amide bonds. The molecule has 0 heterocycles. The number of carbonyl (C=O) groups is 1. The summed E-state index contributed by atoms with van der Waals surface area (Å²) in [6.07, 6.45) is 6.63. The van der Waals surface area contributed by atoms with Crippen molar-refractivity contribution in [3.05, 3.63) is 23.8 Å². The molecule has 2 heteroatoms. The summed E-state index contributed by atoms with van der Waals surface area (Å²) in [5, 5.41) is 0. The molecule has 1 aliphatic carbocycles. The van der Waals surface area contributed by atoms with Crippen molar-refractivity contribution < 1.29 is 4.79 Å². The van der Waals surface area contributed by atoms with Gasteiger partial charge in [0, 0.05) is 20.5 Å². The van der Waals surface area contributed by atoms with Crippen LogP contribution in [-0.2, 0) is 4.79 Å². The molecule has 0 bridgehead atoms. The molecule has 0 radical (unpaired) electrons. The zero-order valence-corrected chi connectivity index (χ0v) is 8.87. The highest BCUT2D eigenvalue weighted by Crippen LogP contribution is 2.13. The summed E-state index contributed by atoms with van der Waals surface area (Å²) in [6.45, 7) is 1.94. The van der Waals surface area contributed by atoms with E-state index in [0.29, 0.717) is 0 Å². The minimum atomic E-state index is -0.269. The fourth-order valence-corrected chi connectivity index (χ4v) is 1.23. The van der Waals surface area contributed by atoms with Crippen molar-refractivity contribution >= 4 is 5.91 Å². The molecular weight excluding hydrogens is 174 g/mol. The van der Waals surface area contributed by atoms with E-state index in [4.69, 9.17) is 0 Å². The van der Waals surface area contributed by atoms with E-state index in [1.807, 2.05) is 25.2 Å². The third-order valence-electron chi connectivity index (χ3n) is 2.10. The van der Waals surface area contributed by atoms with Crippen LogP contribution in [0.25, 0.3) is 0 Å². The lowest BCUT2D eigenvalue weighted by Crippen LogP contribution is -2.29. The number of hydrogen-bond donors (Lipinski definition) is 0. The maximum absolute atomic E-state index is 11.7. The van der Waals surface area contributed by atoms with Gasteiger partial charge in [0.1, 0.15) is 5.92 Å². The summed E-state index contributed by atoms with van der Waals surface area (Å²) < 4.78 is 0. The van der Waals surface area contributed by atoms with Crippen LogP contribution in [0.5, 0.6) is 0 Å². The zero-order valence-electron chi connectivity index (χ0n) is 8.87. The van der Waals surface area contributed by atoms with Crippen LogP contribution in [-0.4, -0.2) is 24.9 Å². The molecule has 0 aromatic rings. The summed E-state index contributed by atoms with van der Waals surface area (Å²) >= 11 is 0.